The standard InChI is InChI=1S/C16H16N2O2/c1-4-9-17(3)10-12(2)14-11-18(16(19)20)15-8-6-5-7-13(14)15/h1,5-8,11H,2,9-10H2,3H3,(H,19,20). The van der Waals surface area contributed by atoms with Crippen LogP contribution in [0.5, 0.6) is 0 Å². The molecule has 0 saturated carbocycles. The van der Waals surface area contributed by atoms with E-state index < -0.39 is 6.09 Å². The molecule has 1 aromatic carbocycles. The number of hydrogen-bond acceptors (Lipinski definition) is 2. The van der Waals surface area contributed by atoms with Gasteiger partial charge >= 0.3 is 6.09 Å². The van der Waals surface area contributed by atoms with Crippen LogP contribution in [0.2, 0.25) is 0 Å². The van der Waals surface area contributed by atoms with Crippen LogP contribution in [0.25, 0.3) is 16.5 Å². The van der Waals surface area contributed by atoms with Gasteiger partial charge in [0.2, 0.25) is 0 Å². The Morgan fingerprint density at radius 1 is 1.50 bits per heavy atom. The molecule has 0 atom stereocenters. The van der Waals surface area contributed by atoms with E-state index >= 15 is 0 Å². The average molecular weight is 268 g/mol. The van der Waals surface area contributed by atoms with Crippen LogP contribution in [0.1, 0.15) is 5.56 Å². The molecule has 102 valence electrons. The highest BCUT2D eigenvalue weighted by Gasteiger charge is 2.14. The van der Waals surface area contributed by atoms with E-state index in [9.17, 15) is 9.90 Å². The number of benzene rings is 1. The topological polar surface area (TPSA) is 45.5 Å². The minimum atomic E-state index is -1.00. The normalized spacial score (nSPS) is 10.7. The Balaban J connectivity index is 2.42. The number of carbonyl (C=O) groups is 1. The van der Waals surface area contributed by atoms with Crippen LogP contribution >= 0.6 is 0 Å². The fourth-order valence-corrected chi connectivity index (χ4v) is 2.24. The number of para-hydroxylation sites is 1. The van der Waals surface area contributed by atoms with Gasteiger partial charge in [-0.2, -0.15) is 0 Å². The molecular weight excluding hydrogens is 252 g/mol. The average Bonchev–Trinajstić information content (AvgIpc) is 2.78. The van der Waals surface area contributed by atoms with Crippen molar-refractivity contribution < 1.29 is 9.90 Å². The van der Waals surface area contributed by atoms with Gasteiger partial charge in [0, 0.05) is 23.7 Å². The fourth-order valence-electron chi connectivity index (χ4n) is 2.24. The Bertz CT molecular complexity index is 707. The first-order valence-corrected chi connectivity index (χ1v) is 6.18. The Labute approximate surface area is 117 Å². The molecule has 2 aromatic rings. The summed E-state index contributed by atoms with van der Waals surface area (Å²) in [6.45, 7) is 5.17. The molecule has 0 unspecified atom stereocenters. The first kappa shape index (κ1) is 13.9. The molecule has 0 aliphatic heterocycles. The molecule has 0 bridgehead atoms. The molecule has 4 nitrogen and oxygen atoms in total. The van der Waals surface area contributed by atoms with Gasteiger partial charge in [-0.15, -0.1) is 6.42 Å². The number of hydrogen-bond donors (Lipinski definition) is 1. The summed E-state index contributed by atoms with van der Waals surface area (Å²) in [6, 6.07) is 7.39. The monoisotopic (exact) mass is 268 g/mol. The van der Waals surface area contributed by atoms with Crippen molar-refractivity contribution >= 4 is 22.6 Å². The highest BCUT2D eigenvalue weighted by Crippen LogP contribution is 2.26. The predicted molar refractivity (Wildman–Crippen MR) is 80.7 cm³/mol. The summed E-state index contributed by atoms with van der Waals surface area (Å²) in [6.07, 6.45) is 5.88. The third-order valence-corrected chi connectivity index (χ3v) is 3.12. The van der Waals surface area contributed by atoms with E-state index in [1.807, 2.05) is 30.1 Å². The van der Waals surface area contributed by atoms with Gasteiger partial charge in [-0.3, -0.25) is 9.47 Å². The van der Waals surface area contributed by atoms with Crippen molar-refractivity contribution in [2.24, 2.45) is 0 Å². The number of carboxylic acid groups (broad SMARTS) is 1. The van der Waals surface area contributed by atoms with Gasteiger partial charge in [-0.05, 0) is 18.7 Å². The summed E-state index contributed by atoms with van der Waals surface area (Å²) in [4.78, 5) is 13.2. The summed E-state index contributed by atoms with van der Waals surface area (Å²) in [5.41, 5.74) is 2.35. The minimum Gasteiger partial charge on any atom is -0.464 e. The maximum Gasteiger partial charge on any atom is 0.416 e. The zero-order valence-electron chi connectivity index (χ0n) is 11.3. The minimum absolute atomic E-state index is 0.524. The summed E-state index contributed by atoms with van der Waals surface area (Å²) < 4.78 is 1.22. The van der Waals surface area contributed by atoms with E-state index in [1.54, 1.807) is 12.3 Å². The molecule has 1 aromatic heterocycles. The summed E-state index contributed by atoms with van der Waals surface area (Å²) >= 11 is 0. The first-order valence-electron chi connectivity index (χ1n) is 6.18. The van der Waals surface area contributed by atoms with Gasteiger partial charge in [0.25, 0.3) is 0 Å². The Kier molecular flexibility index (Phi) is 3.92. The largest absolute Gasteiger partial charge is 0.464 e. The van der Waals surface area contributed by atoms with Crippen molar-refractivity contribution in [3.8, 4) is 12.3 Å². The van der Waals surface area contributed by atoms with Gasteiger partial charge in [0.05, 0.1) is 12.1 Å². The second-order valence-electron chi connectivity index (χ2n) is 4.69. The number of likely N-dealkylation sites (N-methyl/N-ethyl adjacent to an activating group) is 1. The van der Waals surface area contributed by atoms with Gasteiger partial charge in [0.1, 0.15) is 0 Å². The SMILES string of the molecule is C#CCN(C)CC(=C)c1cn(C(=O)O)c2ccccc12. The van der Waals surface area contributed by atoms with E-state index in [0.29, 0.717) is 18.6 Å². The van der Waals surface area contributed by atoms with Gasteiger partial charge in [-0.25, -0.2) is 4.79 Å². The molecule has 2 rings (SSSR count). The van der Waals surface area contributed by atoms with Gasteiger partial charge < -0.3 is 5.11 Å². The lowest BCUT2D eigenvalue weighted by Crippen LogP contribution is -2.20. The first-order chi connectivity index (χ1) is 9.54. The maximum atomic E-state index is 11.3. The van der Waals surface area contributed by atoms with Crippen molar-refractivity contribution in [1.82, 2.24) is 9.47 Å². The summed E-state index contributed by atoms with van der Waals surface area (Å²) in [5.74, 6) is 2.57. The third-order valence-electron chi connectivity index (χ3n) is 3.12. The zero-order chi connectivity index (χ0) is 14.7. The number of rotatable bonds is 4. The molecule has 1 heterocycles. The lowest BCUT2D eigenvalue weighted by molar-refractivity contribution is 0.197. The van der Waals surface area contributed by atoms with Crippen LogP contribution in [0, 0.1) is 12.3 Å². The molecule has 4 heteroatoms. The second-order valence-corrected chi connectivity index (χ2v) is 4.69. The predicted octanol–water partition coefficient (Wildman–Crippen LogP) is 2.75. The summed E-state index contributed by atoms with van der Waals surface area (Å²) in [7, 11) is 1.90. The quantitative estimate of drug-likeness (QED) is 0.867. The number of fused-ring (bicyclic) bond motifs is 1. The number of aromatic nitrogens is 1. The molecule has 0 aliphatic rings. The Morgan fingerprint density at radius 2 is 2.20 bits per heavy atom. The van der Waals surface area contributed by atoms with E-state index in [1.165, 1.54) is 4.57 Å². The third kappa shape index (κ3) is 2.58. The van der Waals surface area contributed by atoms with Crippen LogP contribution in [0.4, 0.5) is 4.79 Å². The molecule has 0 radical (unpaired) electrons. The molecule has 0 amide bonds. The van der Waals surface area contributed by atoms with E-state index in [2.05, 4.69) is 12.5 Å². The van der Waals surface area contributed by atoms with Crippen molar-refractivity contribution in [3.63, 3.8) is 0 Å². The molecule has 20 heavy (non-hydrogen) atoms. The lowest BCUT2D eigenvalue weighted by atomic mass is 10.1. The van der Waals surface area contributed by atoms with Crippen molar-refractivity contribution in [3.05, 3.63) is 42.6 Å². The molecule has 0 saturated heterocycles. The van der Waals surface area contributed by atoms with Crippen LogP contribution in [0.15, 0.2) is 37.0 Å². The molecule has 0 spiro atoms. The van der Waals surface area contributed by atoms with Crippen molar-refractivity contribution in [2.75, 3.05) is 20.1 Å². The molecule has 0 aliphatic carbocycles. The highest BCUT2D eigenvalue weighted by molar-refractivity contribution is 5.97. The fraction of sp³-hybridized carbons (Fsp3) is 0.188. The highest BCUT2D eigenvalue weighted by atomic mass is 16.4. The van der Waals surface area contributed by atoms with Crippen molar-refractivity contribution in [2.45, 2.75) is 0 Å². The van der Waals surface area contributed by atoms with E-state index in [-0.39, 0.29) is 0 Å². The Hall–Kier alpha value is -2.51. The smallest absolute Gasteiger partial charge is 0.416 e. The van der Waals surface area contributed by atoms with Gasteiger partial charge in [-0.1, -0.05) is 30.7 Å². The van der Waals surface area contributed by atoms with E-state index in [0.717, 1.165) is 16.5 Å². The van der Waals surface area contributed by atoms with Gasteiger partial charge in [0.15, 0.2) is 0 Å². The van der Waals surface area contributed by atoms with Crippen LogP contribution in [-0.2, 0) is 0 Å². The number of nitrogens with zero attached hydrogens (tertiary/aromatic N) is 2. The molecule has 1 N–H and O–H groups in total. The molecule has 0 fully saturated rings. The van der Waals surface area contributed by atoms with Crippen LogP contribution in [-0.4, -0.2) is 40.8 Å². The molecular formula is C16H16N2O2. The van der Waals surface area contributed by atoms with Crippen LogP contribution < -0.4 is 0 Å². The maximum absolute atomic E-state index is 11.3. The number of terminal acetylenes is 1. The second kappa shape index (κ2) is 5.64. The van der Waals surface area contributed by atoms with Crippen molar-refractivity contribution in [1.29, 1.82) is 0 Å². The Morgan fingerprint density at radius 3 is 2.85 bits per heavy atom. The zero-order valence-corrected chi connectivity index (χ0v) is 11.3. The lowest BCUT2D eigenvalue weighted by Gasteiger charge is -2.14. The van der Waals surface area contributed by atoms with E-state index in [4.69, 9.17) is 6.42 Å². The summed E-state index contributed by atoms with van der Waals surface area (Å²) in [5, 5.41) is 10.1. The van der Waals surface area contributed by atoms with Crippen LogP contribution in [0.3, 0.4) is 0 Å².